The smallest absolute Gasteiger partial charge is 0.319 e. The fraction of sp³-hybridized carbons (Fsp3) is 0.486. The molecule has 0 spiro atoms. The van der Waals surface area contributed by atoms with Crippen molar-refractivity contribution < 1.29 is 13.9 Å². The van der Waals surface area contributed by atoms with Gasteiger partial charge in [-0.3, -0.25) is 9.69 Å². The third-order valence-corrected chi connectivity index (χ3v) is 10.9. The van der Waals surface area contributed by atoms with E-state index >= 15 is 4.39 Å². The molecule has 5 aliphatic rings. The van der Waals surface area contributed by atoms with Crippen LogP contribution in [0.25, 0.3) is 22.0 Å². The Bertz CT molecular complexity index is 1710. The topological polar surface area (TPSA) is 85.6 Å². The first kappa shape index (κ1) is 27.5. The molecule has 3 aliphatic heterocycles. The number of ether oxygens (including phenoxy) is 1. The number of piperazine rings is 1. The minimum absolute atomic E-state index is 0.00115. The standard InChI is InChI=1S/C35H37FN6O2/c1-2-29(43)42-17-16-40(20-24(42)10-13-37)33-27-9-8-26(25-7-3-6-22-18-23-19-28(23)30(22)25)31(36)32(27)38-34(39-33)44-21-35-11-4-14-41(35)15-5-12-35/h2-3,6-9,23-24,28H,1,4-5,10-12,14-21H2/t23?,24-,28?/m0/s1. The van der Waals surface area contributed by atoms with Crippen molar-refractivity contribution in [3.8, 4) is 23.2 Å². The molecule has 44 heavy (non-hydrogen) atoms. The van der Waals surface area contributed by atoms with E-state index in [0.717, 1.165) is 50.8 Å². The molecular weight excluding hydrogens is 555 g/mol. The largest absolute Gasteiger partial charge is 0.461 e. The fourth-order valence-electron chi connectivity index (χ4n) is 8.61. The second-order valence-electron chi connectivity index (χ2n) is 13.2. The quantitative estimate of drug-likeness (QED) is 0.348. The lowest BCUT2D eigenvalue weighted by Gasteiger charge is -2.41. The van der Waals surface area contributed by atoms with Gasteiger partial charge in [0.05, 0.1) is 24.1 Å². The highest BCUT2D eigenvalue weighted by atomic mass is 19.1. The van der Waals surface area contributed by atoms with Crippen LogP contribution in [0.5, 0.6) is 6.01 Å². The van der Waals surface area contributed by atoms with Gasteiger partial charge in [0.2, 0.25) is 5.91 Å². The van der Waals surface area contributed by atoms with E-state index in [0.29, 0.717) is 54.8 Å². The Hall–Kier alpha value is -4.03. The van der Waals surface area contributed by atoms with Gasteiger partial charge < -0.3 is 14.5 Å². The summed E-state index contributed by atoms with van der Waals surface area (Å²) in [4.78, 5) is 28.5. The number of benzene rings is 2. The zero-order chi connectivity index (χ0) is 30.0. The van der Waals surface area contributed by atoms with Crippen molar-refractivity contribution in [3.05, 3.63) is 59.9 Å². The molecule has 4 heterocycles. The monoisotopic (exact) mass is 592 g/mol. The highest BCUT2D eigenvalue weighted by Crippen LogP contribution is 2.58. The van der Waals surface area contributed by atoms with E-state index in [1.807, 2.05) is 24.3 Å². The molecule has 1 aromatic heterocycles. The third kappa shape index (κ3) is 4.37. The van der Waals surface area contributed by atoms with Crippen molar-refractivity contribution in [2.45, 2.75) is 62.4 Å². The van der Waals surface area contributed by atoms with Crippen molar-refractivity contribution in [1.82, 2.24) is 19.8 Å². The van der Waals surface area contributed by atoms with Gasteiger partial charge in [-0.1, -0.05) is 30.8 Å². The summed E-state index contributed by atoms with van der Waals surface area (Å²) in [5.41, 5.74) is 4.41. The predicted molar refractivity (Wildman–Crippen MR) is 166 cm³/mol. The average molecular weight is 593 g/mol. The number of nitriles is 1. The number of hydrogen-bond acceptors (Lipinski definition) is 7. The Balaban J connectivity index is 1.21. The van der Waals surface area contributed by atoms with Gasteiger partial charge in [-0.15, -0.1) is 0 Å². The molecule has 3 saturated heterocycles. The predicted octanol–water partition coefficient (Wildman–Crippen LogP) is 5.22. The summed E-state index contributed by atoms with van der Waals surface area (Å²) in [6, 6.07) is 12.1. The molecule has 0 bridgehead atoms. The molecule has 2 aromatic carbocycles. The van der Waals surface area contributed by atoms with Crippen LogP contribution in [0.15, 0.2) is 43.0 Å². The summed E-state index contributed by atoms with van der Waals surface area (Å²) in [6.07, 6.45) is 8.22. The van der Waals surface area contributed by atoms with Crippen LogP contribution in [0.4, 0.5) is 10.2 Å². The number of nitrogens with zero attached hydrogens (tertiary/aromatic N) is 6. The highest BCUT2D eigenvalue weighted by Gasteiger charge is 2.47. The summed E-state index contributed by atoms with van der Waals surface area (Å²) in [5, 5.41) is 10.2. The molecule has 1 amide bonds. The van der Waals surface area contributed by atoms with Crippen molar-refractivity contribution in [2.24, 2.45) is 5.92 Å². The van der Waals surface area contributed by atoms with Crippen LogP contribution < -0.4 is 9.64 Å². The van der Waals surface area contributed by atoms with Crippen molar-refractivity contribution >= 4 is 22.6 Å². The average Bonchev–Trinajstić information content (AvgIpc) is 3.33. The number of hydrogen-bond donors (Lipinski definition) is 0. The van der Waals surface area contributed by atoms with E-state index in [9.17, 15) is 10.1 Å². The van der Waals surface area contributed by atoms with Crippen molar-refractivity contribution in [1.29, 1.82) is 5.26 Å². The zero-order valence-corrected chi connectivity index (χ0v) is 25.0. The molecule has 0 N–H and O–H groups in total. The number of carbonyl (C=O) groups excluding carboxylic acids is 1. The lowest BCUT2D eigenvalue weighted by Crippen LogP contribution is -2.55. The maximum Gasteiger partial charge on any atom is 0.319 e. The van der Waals surface area contributed by atoms with E-state index in [1.54, 1.807) is 4.90 Å². The molecule has 226 valence electrons. The normalized spacial score (nSPS) is 25.0. The number of rotatable bonds is 7. The van der Waals surface area contributed by atoms with Gasteiger partial charge in [-0.25, -0.2) is 4.39 Å². The lowest BCUT2D eigenvalue weighted by atomic mass is 9.93. The number of amides is 1. The summed E-state index contributed by atoms with van der Waals surface area (Å²) < 4.78 is 23.2. The van der Waals surface area contributed by atoms with Crippen LogP contribution in [0.1, 0.15) is 55.6 Å². The van der Waals surface area contributed by atoms with Gasteiger partial charge in [0.15, 0.2) is 5.82 Å². The van der Waals surface area contributed by atoms with Gasteiger partial charge in [0, 0.05) is 30.6 Å². The fourth-order valence-corrected chi connectivity index (χ4v) is 8.61. The Kier molecular flexibility index (Phi) is 6.60. The SMILES string of the molecule is C=CC(=O)N1CCN(c2nc(OCC34CCCN3CCC4)nc3c(F)c(-c4cccc5c4C4CC4C5)ccc23)C[C@@H]1CC#N. The first-order valence-electron chi connectivity index (χ1n) is 16.0. The van der Waals surface area contributed by atoms with Crippen LogP contribution in [0.3, 0.4) is 0 Å². The maximum atomic E-state index is 16.8. The molecule has 8 nitrogen and oxygen atoms in total. The Morgan fingerprint density at radius 3 is 2.77 bits per heavy atom. The van der Waals surface area contributed by atoms with E-state index in [1.165, 1.54) is 23.6 Å². The van der Waals surface area contributed by atoms with E-state index in [2.05, 4.69) is 28.5 Å². The summed E-state index contributed by atoms with van der Waals surface area (Å²) in [5.74, 6) is 1.26. The van der Waals surface area contributed by atoms with Crippen LogP contribution in [0.2, 0.25) is 0 Å². The summed E-state index contributed by atoms with van der Waals surface area (Å²) in [6.45, 7) is 7.59. The lowest BCUT2D eigenvalue weighted by molar-refractivity contribution is -0.128. The molecule has 2 unspecified atom stereocenters. The molecule has 8 rings (SSSR count). The molecule has 3 aromatic rings. The molecule has 9 heteroatoms. The molecule has 0 radical (unpaired) electrons. The van der Waals surface area contributed by atoms with Crippen LogP contribution in [-0.4, -0.2) is 76.6 Å². The zero-order valence-electron chi connectivity index (χ0n) is 25.0. The highest BCUT2D eigenvalue weighted by molar-refractivity contribution is 5.94. The Morgan fingerprint density at radius 1 is 1.14 bits per heavy atom. The molecule has 3 atom stereocenters. The molecule has 1 saturated carbocycles. The Morgan fingerprint density at radius 2 is 1.98 bits per heavy atom. The number of halogens is 1. The van der Waals surface area contributed by atoms with Crippen LogP contribution in [0, 0.1) is 23.1 Å². The van der Waals surface area contributed by atoms with Gasteiger partial charge in [-0.05, 0) is 92.3 Å². The van der Waals surface area contributed by atoms with Gasteiger partial charge in [-0.2, -0.15) is 15.2 Å². The minimum atomic E-state index is -0.357. The van der Waals surface area contributed by atoms with Crippen LogP contribution in [-0.2, 0) is 11.2 Å². The number of aromatic nitrogens is 2. The molecular formula is C35H37FN6O2. The second-order valence-corrected chi connectivity index (χ2v) is 13.2. The third-order valence-electron chi connectivity index (χ3n) is 10.9. The number of anilines is 1. The van der Waals surface area contributed by atoms with Crippen molar-refractivity contribution in [2.75, 3.05) is 44.2 Å². The van der Waals surface area contributed by atoms with E-state index in [4.69, 9.17) is 14.7 Å². The Labute approximate surface area is 257 Å². The van der Waals surface area contributed by atoms with E-state index in [-0.39, 0.29) is 41.3 Å². The number of carbonyl (C=O) groups is 1. The van der Waals surface area contributed by atoms with Crippen molar-refractivity contribution in [3.63, 3.8) is 0 Å². The van der Waals surface area contributed by atoms with Gasteiger partial charge in [0.1, 0.15) is 17.9 Å². The molecule has 4 fully saturated rings. The van der Waals surface area contributed by atoms with Crippen LogP contribution >= 0.6 is 0 Å². The number of fused-ring (bicyclic) bond motifs is 5. The van der Waals surface area contributed by atoms with E-state index < -0.39 is 0 Å². The second kappa shape index (κ2) is 10.6. The minimum Gasteiger partial charge on any atom is -0.461 e. The van der Waals surface area contributed by atoms with Gasteiger partial charge >= 0.3 is 6.01 Å². The molecule has 2 aliphatic carbocycles. The summed E-state index contributed by atoms with van der Waals surface area (Å²) in [7, 11) is 0. The first-order chi connectivity index (χ1) is 21.5. The summed E-state index contributed by atoms with van der Waals surface area (Å²) >= 11 is 0. The maximum absolute atomic E-state index is 16.8. The first-order valence-corrected chi connectivity index (χ1v) is 16.0. The van der Waals surface area contributed by atoms with Gasteiger partial charge in [0.25, 0.3) is 0 Å².